The molecule has 0 N–H and O–H groups in total. The molecule has 1 aromatic heterocycles. The fourth-order valence-corrected chi connectivity index (χ4v) is 2.99. The van der Waals surface area contributed by atoms with Crippen LogP contribution in [0.25, 0.3) is 0 Å². The van der Waals surface area contributed by atoms with Crippen LogP contribution in [-0.4, -0.2) is 41.5 Å². The van der Waals surface area contributed by atoms with Crippen LogP contribution >= 0.6 is 0 Å². The van der Waals surface area contributed by atoms with Crippen molar-refractivity contribution in [2.45, 2.75) is 6.04 Å². The molecule has 2 heterocycles. The Morgan fingerprint density at radius 3 is 2.67 bits per heavy atom. The Balaban J connectivity index is 2.00. The largest absolute Gasteiger partial charge is 0.347 e. The van der Waals surface area contributed by atoms with Crippen LogP contribution in [0.4, 0.5) is 11.5 Å². The maximum Gasteiger partial charge on any atom is 0.305 e. The zero-order chi connectivity index (χ0) is 17.1. The summed E-state index contributed by atoms with van der Waals surface area (Å²) in [6.07, 6.45) is 0. The molecule has 0 spiro atoms. The molecule has 122 valence electrons. The van der Waals surface area contributed by atoms with Crippen LogP contribution in [-0.2, 0) is 0 Å². The molecule has 3 rings (SSSR count). The minimum Gasteiger partial charge on any atom is -0.347 e. The van der Waals surface area contributed by atoms with E-state index in [1.165, 1.54) is 6.07 Å². The second kappa shape index (κ2) is 6.64. The lowest BCUT2D eigenvalue weighted by atomic mass is 10.0. The van der Waals surface area contributed by atoms with Crippen LogP contribution in [0, 0.1) is 21.4 Å². The van der Waals surface area contributed by atoms with Crippen molar-refractivity contribution in [1.82, 2.24) is 9.88 Å². The molecule has 1 saturated heterocycles. The lowest BCUT2D eigenvalue weighted by molar-refractivity contribution is -0.385. The number of rotatable bonds is 3. The van der Waals surface area contributed by atoms with E-state index in [2.05, 4.69) is 34.0 Å². The van der Waals surface area contributed by atoms with Gasteiger partial charge in [0, 0.05) is 25.7 Å². The maximum atomic E-state index is 11.0. The van der Waals surface area contributed by atoms with Gasteiger partial charge >= 0.3 is 5.69 Å². The van der Waals surface area contributed by atoms with Gasteiger partial charge in [0.05, 0.1) is 11.0 Å². The molecule has 1 atom stereocenters. The van der Waals surface area contributed by atoms with Crippen molar-refractivity contribution in [3.63, 3.8) is 0 Å². The van der Waals surface area contributed by atoms with E-state index in [4.69, 9.17) is 0 Å². The van der Waals surface area contributed by atoms with Crippen LogP contribution in [0.1, 0.15) is 17.3 Å². The molecule has 24 heavy (non-hydrogen) atoms. The number of pyridine rings is 1. The fraction of sp³-hybridized carbons (Fsp3) is 0.294. The number of nitro groups is 1. The van der Waals surface area contributed by atoms with Crippen molar-refractivity contribution in [2.24, 2.45) is 0 Å². The van der Waals surface area contributed by atoms with Gasteiger partial charge in [0.1, 0.15) is 11.9 Å². The highest BCUT2D eigenvalue weighted by Crippen LogP contribution is 2.30. The van der Waals surface area contributed by atoms with Gasteiger partial charge in [-0.2, -0.15) is 5.26 Å². The zero-order valence-corrected chi connectivity index (χ0v) is 13.3. The molecule has 7 heteroatoms. The Morgan fingerprint density at radius 2 is 2.00 bits per heavy atom. The monoisotopic (exact) mass is 323 g/mol. The minimum absolute atomic E-state index is 0.0884. The number of benzene rings is 1. The van der Waals surface area contributed by atoms with Gasteiger partial charge in [-0.1, -0.05) is 30.3 Å². The third-order valence-corrected chi connectivity index (χ3v) is 4.22. The van der Waals surface area contributed by atoms with Crippen molar-refractivity contribution in [3.05, 3.63) is 63.8 Å². The third kappa shape index (κ3) is 3.05. The number of nitriles is 1. The summed E-state index contributed by atoms with van der Waals surface area (Å²) in [5.41, 5.74) is 0.748. The summed E-state index contributed by atoms with van der Waals surface area (Å²) >= 11 is 0. The van der Waals surface area contributed by atoms with Gasteiger partial charge in [0.25, 0.3) is 0 Å². The van der Waals surface area contributed by atoms with Crippen LogP contribution in [0.5, 0.6) is 0 Å². The number of piperazine rings is 1. The van der Waals surface area contributed by atoms with Gasteiger partial charge < -0.3 is 9.80 Å². The van der Waals surface area contributed by atoms with Crippen LogP contribution in [0.2, 0.25) is 0 Å². The smallest absolute Gasteiger partial charge is 0.305 e. The normalized spacial score (nSPS) is 18.2. The first-order valence-corrected chi connectivity index (χ1v) is 7.66. The lowest BCUT2D eigenvalue weighted by Crippen LogP contribution is -2.47. The van der Waals surface area contributed by atoms with E-state index in [-0.39, 0.29) is 17.4 Å². The van der Waals surface area contributed by atoms with Crippen molar-refractivity contribution in [2.75, 3.05) is 31.6 Å². The SMILES string of the molecule is CN1CCN(c2ccc([N+](=O)[O-])c(C#N)n2)C(c2ccccc2)C1. The summed E-state index contributed by atoms with van der Waals surface area (Å²) in [5.74, 6) is 0.596. The Bertz CT molecular complexity index is 787. The number of hydrogen-bond acceptors (Lipinski definition) is 6. The van der Waals surface area contributed by atoms with E-state index in [0.29, 0.717) is 5.82 Å². The molecule has 0 aliphatic carbocycles. The molecule has 0 bridgehead atoms. The van der Waals surface area contributed by atoms with Crippen LogP contribution in [0.15, 0.2) is 42.5 Å². The fourth-order valence-electron chi connectivity index (χ4n) is 2.99. The molecular formula is C17H17N5O2. The van der Waals surface area contributed by atoms with Gasteiger partial charge in [-0.15, -0.1) is 0 Å². The quantitative estimate of drug-likeness (QED) is 0.636. The summed E-state index contributed by atoms with van der Waals surface area (Å²) < 4.78 is 0. The van der Waals surface area contributed by atoms with E-state index in [1.54, 1.807) is 6.07 Å². The van der Waals surface area contributed by atoms with Crippen LogP contribution < -0.4 is 4.90 Å². The first-order valence-electron chi connectivity index (χ1n) is 7.66. The predicted molar refractivity (Wildman–Crippen MR) is 89.6 cm³/mol. The van der Waals surface area contributed by atoms with E-state index in [0.717, 1.165) is 25.2 Å². The molecule has 1 aliphatic heterocycles. The molecule has 1 unspecified atom stereocenters. The van der Waals surface area contributed by atoms with E-state index >= 15 is 0 Å². The van der Waals surface area contributed by atoms with E-state index < -0.39 is 4.92 Å². The summed E-state index contributed by atoms with van der Waals surface area (Å²) in [5, 5.41) is 20.2. The lowest BCUT2D eigenvalue weighted by Gasteiger charge is -2.41. The Morgan fingerprint density at radius 1 is 1.25 bits per heavy atom. The van der Waals surface area contributed by atoms with Crippen molar-refractivity contribution >= 4 is 11.5 Å². The second-order valence-electron chi connectivity index (χ2n) is 5.79. The molecule has 0 radical (unpaired) electrons. The van der Waals surface area contributed by atoms with Crippen LogP contribution in [0.3, 0.4) is 0 Å². The standard InChI is InChI=1S/C17H17N5O2/c1-20-9-10-21(16(12-20)13-5-3-2-4-6-13)17-8-7-15(22(23)24)14(11-18)19-17/h2-8,16H,9-10,12H2,1H3. The number of anilines is 1. The minimum atomic E-state index is -0.575. The number of hydrogen-bond donors (Lipinski definition) is 0. The zero-order valence-electron chi connectivity index (χ0n) is 13.3. The molecule has 1 aromatic carbocycles. The summed E-state index contributed by atoms with van der Waals surface area (Å²) in [6.45, 7) is 2.43. The van der Waals surface area contributed by atoms with E-state index in [9.17, 15) is 15.4 Å². The number of aromatic nitrogens is 1. The topological polar surface area (TPSA) is 86.3 Å². The van der Waals surface area contributed by atoms with Gasteiger partial charge in [0.2, 0.25) is 5.69 Å². The average Bonchev–Trinajstić information content (AvgIpc) is 2.61. The molecule has 0 saturated carbocycles. The van der Waals surface area contributed by atoms with Crippen molar-refractivity contribution < 1.29 is 4.92 Å². The number of nitrogens with zero attached hydrogens (tertiary/aromatic N) is 5. The van der Waals surface area contributed by atoms with Gasteiger partial charge in [-0.25, -0.2) is 4.98 Å². The van der Waals surface area contributed by atoms with Gasteiger partial charge in [-0.3, -0.25) is 10.1 Å². The Hall–Kier alpha value is -2.98. The maximum absolute atomic E-state index is 11.0. The molecule has 1 fully saturated rings. The summed E-state index contributed by atoms with van der Waals surface area (Å²) in [7, 11) is 2.07. The summed E-state index contributed by atoms with van der Waals surface area (Å²) in [4.78, 5) is 19.0. The Labute approximate surface area is 139 Å². The number of likely N-dealkylation sites (N-methyl/N-ethyl adjacent to an activating group) is 1. The first kappa shape index (κ1) is 15.9. The molecule has 2 aromatic rings. The third-order valence-electron chi connectivity index (χ3n) is 4.22. The molecule has 7 nitrogen and oxygen atoms in total. The van der Waals surface area contributed by atoms with Gasteiger partial charge in [-0.05, 0) is 18.7 Å². The average molecular weight is 323 g/mol. The molecular weight excluding hydrogens is 306 g/mol. The van der Waals surface area contributed by atoms with Gasteiger partial charge in [0.15, 0.2) is 0 Å². The Kier molecular flexibility index (Phi) is 4.40. The highest BCUT2D eigenvalue weighted by atomic mass is 16.6. The highest BCUT2D eigenvalue weighted by Gasteiger charge is 2.29. The first-order chi connectivity index (χ1) is 11.6. The molecule has 0 amide bonds. The van der Waals surface area contributed by atoms with E-state index in [1.807, 2.05) is 24.3 Å². The van der Waals surface area contributed by atoms with Crippen molar-refractivity contribution in [1.29, 1.82) is 5.26 Å². The van der Waals surface area contributed by atoms with Crippen molar-refractivity contribution in [3.8, 4) is 6.07 Å². The second-order valence-corrected chi connectivity index (χ2v) is 5.79. The highest BCUT2D eigenvalue weighted by molar-refractivity contribution is 5.53. The summed E-state index contributed by atoms with van der Waals surface area (Å²) in [6, 6.07) is 15.0. The predicted octanol–water partition coefficient (Wildman–Crippen LogP) is 2.35. The molecule has 1 aliphatic rings.